The maximum Gasteiger partial charge on any atom is 0.226 e. The minimum absolute atomic E-state index is 0.00387. The van der Waals surface area contributed by atoms with E-state index in [2.05, 4.69) is 31.4 Å². The molecular formula is C8H12BrN3O. The molecule has 0 spiro atoms. The van der Waals surface area contributed by atoms with Crippen LogP contribution in [0.15, 0.2) is 6.20 Å². The Balaban J connectivity index is 2.57. The van der Waals surface area contributed by atoms with Crippen LogP contribution in [-0.2, 0) is 11.2 Å². The van der Waals surface area contributed by atoms with E-state index in [1.54, 1.807) is 6.20 Å². The summed E-state index contributed by atoms with van der Waals surface area (Å²) in [7, 11) is 0. The summed E-state index contributed by atoms with van der Waals surface area (Å²) in [5, 5.41) is 10.0. The van der Waals surface area contributed by atoms with E-state index < -0.39 is 0 Å². The van der Waals surface area contributed by atoms with Crippen molar-refractivity contribution in [3.63, 3.8) is 0 Å². The van der Waals surface area contributed by atoms with Gasteiger partial charge in [0.2, 0.25) is 5.91 Å². The third-order valence-corrected chi connectivity index (χ3v) is 2.08. The van der Waals surface area contributed by atoms with E-state index in [4.69, 9.17) is 0 Å². The zero-order chi connectivity index (χ0) is 9.68. The van der Waals surface area contributed by atoms with Gasteiger partial charge in [-0.1, -0.05) is 22.9 Å². The molecule has 0 atom stereocenters. The summed E-state index contributed by atoms with van der Waals surface area (Å²) in [6.07, 6.45) is 3.06. The molecule has 72 valence electrons. The molecule has 0 saturated heterocycles. The third-order valence-electron chi connectivity index (χ3n) is 1.68. The first kappa shape index (κ1) is 10.2. The summed E-state index contributed by atoms with van der Waals surface area (Å²) in [5.41, 5.74) is 1.03. The van der Waals surface area contributed by atoms with E-state index in [0.717, 1.165) is 12.0 Å². The monoisotopic (exact) mass is 245 g/mol. The lowest BCUT2D eigenvalue weighted by atomic mass is 10.2. The van der Waals surface area contributed by atoms with E-state index in [-0.39, 0.29) is 5.91 Å². The number of anilines is 1. The molecule has 1 aromatic rings. The fourth-order valence-corrected chi connectivity index (χ4v) is 1.34. The van der Waals surface area contributed by atoms with Gasteiger partial charge in [0.1, 0.15) is 5.82 Å². The van der Waals surface area contributed by atoms with Crippen LogP contribution in [-0.4, -0.2) is 21.4 Å². The number of carbonyl (C=O) groups is 1. The summed E-state index contributed by atoms with van der Waals surface area (Å²) in [6.45, 7) is 2.02. The molecule has 1 rings (SSSR count). The molecule has 13 heavy (non-hydrogen) atoms. The van der Waals surface area contributed by atoms with Crippen LogP contribution in [0.4, 0.5) is 5.82 Å². The number of hydrogen-bond acceptors (Lipinski definition) is 2. The van der Waals surface area contributed by atoms with Gasteiger partial charge in [-0.15, -0.1) is 0 Å². The number of aromatic nitrogens is 2. The smallest absolute Gasteiger partial charge is 0.226 e. The van der Waals surface area contributed by atoms with Gasteiger partial charge in [0, 0.05) is 17.3 Å². The minimum atomic E-state index is -0.00387. The molecule has 0 aliphatic rings. The van der Waals surface area contributed by atoms with Crippen LogP contribution >= 0.6 is 15.9 Å². The van der Waals surface area contributed by atoms with Crippen LogP contribution in [0, 0.1) is 0 Å². The van der Waals surface area contributed by atoms with Crippen molar-refractivity contribution in [3.05, 3.63) is 11.8 Å². The zero-order valence-corrected chi connectivity index (χ0v) is 9.02. The molecule has 0 bridgehead atoms. The largest absolute Gasteiger partial charge is 0.311 e. The van der Waals surface area contributed by atoms with Crippen LogP contribution in [0.5, 0.6) is 0 Å². The summed E-state index contributed by atoms with van der Waals surface area (Å²) in [5.74, 6) is 0.712. The fourth-order valence-electron chi connectivity index (χ4n) is 0.975. The summed E-state index contributed by atoms with van der Waals surface area (Å²) < 4.78 is 0. The van der Waals surface area contributed by atoms with Gasteiger partial charge in [-0.25, -0.2) is 0 Å². The number of alkyl halides is 1. The van der Waals surface area contributed by atoms with Gasteiger partial charge < -0.3 is 5.32 Å². The second kappa shape index (κ2) is 5.01. The third kappa shape index (κ3) is 2.84. The normalized spacial score (nSPS) is 10.0. The number of carbonyl (C=O) groups excluding carboxylic acids is 1. The molecule has 1 aromatic heterocycles. The lowest BCUT2D eigenvalue weighted by Gasteiger charge is -2.02. The van der Waals surface area contributed by atoms with Crippen molar-refractivity contribution in [1.82, 2.24) is 10.2 Å². The molecule has 0 fully saturated rings. The van der Waals surface area contributed by atoms with Crippen LogP contribution < -0.4 is 5.32 Å². The molecule has 0 saturated carbocycles. The van der Waals surface area contributed by atoms with Gasteiger partial charge >= 0.3 is 0 Å². The van der Waals surface area contributed by atoms with Crippen molar-refractivity contribution in [2.24, 2.45) is 0 Å². The second-order valence-electron chi connectivity index (χ2n) is 2.61. The van der Waals surface area contributed by atoms with Crippen molar-refractivity contribution in [3.8, 4) is 0 Å². The molecule has 0 aromatic carbocycles. The average molecular weight is 246 g/mol. The Bertz CT molecular complexity index is 285. The molecule has 5 heteroatoms. The number of halogens is 1. The van der Waals surface area contributed by atoms with Crippen LogP contribution in [0.1, 0.15) is 18.9 Å². The molecule has 1 amide bonds. The predicted octanol–water partition coefficient (Wildman–Crippen LogP) is 1.70. The number of H-pyrrole nitrogens is 1. The van der Waals surface area contributed by atoms with Gasteiger partial charge in [0.15, 0.2) is 0 Å². The van der Waals surface area contributed by atoms with Crippen molar-refractivity contribution >= 4 is 27.7 Å². The number of nitrogens with zero attached hydrogens (tertiary/aromatic N) is 1. The molecule has 1 heterocycles. The van der Waals surface area contributed by atoms with E-state index >= 15 is 0 Å². The van der Waals surface area contributed by atoms with Crippen molar-refractivity contribution in [2.75, 3.05) is 10.6 Å². The van der Waals surface area contributed by atoms with E-state index in [1.165, 1.54) is 0 Å². The number of rotatable bonds is 4. The van der Waals surface area contributed by atoms with Crippen molar-refractivity contribution < 1.29 is 4.79 Å². The Kier molecular flexibility index (Phi) is 3.95. The number of nitrogens with one attached hydrogen (secondary N) is 2. The van der Waals surface area contributed by atoms with E-state index in [1.807, 2.05) is 6.92 Å². The maximum absolute atomic E-state index is 11.2. The molecule has 4 nitrogen and oxygen atoms in total. The molecular weight excluding hydrogens is 234 g/mol. The Morgan fingerprint density at radius 1 is 1.77 bits per heavy atom. The quantitative estimate of drug-likeness (QED) is 0.794. The summed E-state index contributed by atoms with van der Waals surface area (Å²) in [6, 6.07) is 0. The highest BCUT2D eigenvalue weighted by molar-refractivity contribution is 9.09. The Morgan fingerprint density at radius 2 is 2.54 bits per heavy atom. The molecule has 2 N–H and O–H groups in total. The lowest BCUT2D eigenvalue weighted by molar-refractivity contribution is -0.115. The first-order valence-electron chi connectivity index (χ1n) is 4.16. The Labute approximate surface area is 85.2 Å². The minimum Gasteiger partial charge on any atom is -0.311 e. The van der Waals surface area contributed by atoms with Crippen LogP contribution in [0.25, 0.3) is 0 Å². The van der Waals surface area contributed by atoms with E-state index in [9.17, 15) is 4.79 Å². The van der Waals surface area contributed by atoms with Gasteiger partial charge in [0.05, 0.1) is 6.20 Å². The van der Waals surface area contributed by atoms with Gasteiger partial charge in [-0.2, -0.15) is 5.10 Å². The van der Waals surface area contributed by atoms with Gasteiger partial charge in [0.25, 0.3) is 0 Å². The number of aromatic amines is 1. The highest BCUT2D eigenvalue weighted by Crippen LogP contribution is 2.11. The predicted molar refractivity (Wildman–Crippen MR) is 55.0 cm³/mol. The van der Waals surface area contributed by atoms with Crippen LogP contribution in [0.2, 0.25) is 0 Å². The standard InChI is InChI=1S/C8H12BrN3O/c1-2-6-5-10-12-8(6)11-7(13)3-4-9/h5H,2-4H2,1H3,(H2,10,11,12,13). The highest BCUT2D eigenvalue weighted by Gasteiger charge is 2.06. The average Bonchev–Trinajstić information content (AvgIpc) is 2.52. The van der Waals surface area contributed by atoms with Crippen molar-refractivity contribution in [1.29, 1.82) is 0 Å². The maximum atomic E-state index is 11.2. The topological polar surface area (TPSA) is 57.8 Å². The molecule has 0 unspecified atom stereocenters. The summed E-state index contributed by atoms with van der Waals surface area (Å²) >= 11 is 3.20. The summed E-state index contributed by atoms with van der Waals surface area (Å²) in [4.78, 5) is 11.2. The highest BCUT2D eigenvalue weighted by atomic mass is 79.9. The molecule has 0 aliphatic carbocycles. The lowest BCUT2D eigenvalue weighted by Crippen LogP contribution is -2.12. The SMILES string of the molecule is CCc1cn[nH]c1NC(=O)CCBr. The number of hydrogen-bond donors (Lipinski definition) is 2. The van der Waals surface area contributed by atoms with Crippen molar-refractivity contribution in [2.45, 2.75) is 19.8 Å². The first-order valence-corrected chi connectivity index (χ1v) is 5.28. The molecule has 0 aliphatic heterocycles. The Hall–Kier alpha value is -0.840. The number of amides is 1. The van der Waals surface area contributed by atoms with Crippen LogP contribution in [0.3, 0.4) is 0 Å². The number of aryl methyl sites for hydroxylation is 1. The van der Waals surface area contributed by atoms with E-state index in [0.29, 0.717) is 17.6 Å². The van der Waals surface area contributed by atoms with Gasteiger partial charge in [-0.05, 0) is 6.42 Å². The zero-order valence-electron chi connectivity index (χ0n) is 7.43. The Morgan fingerprint density at radius 3 is 3.15 bits per heavy atom. The second-order valence-corrected chi connectivity index (χ2v) is 3.40. The first-order chi connectivity index (χ1) is 6.27. The van der Waals surface area contributed by atoms with Gasteiger partial charge in [-0.3, -0.25) is 9.89 Å². The molecule has 0 radical (unpaired) electrons. The fraction of sp³-hybridized carbons (Fsp3) is 0.500.